The van der Waals surface area contributed by atoms with E-state index in [2.05, 4.69) is 31.3 Å². The second kappa shape index (κ2) is 8.07. The normalized spacial score (nSPS) is 14.2. The molecule has 0 bridgehead atoms. The highest BCUT2D eigenvalue weighted by molar-refractivity contribution is 6.08. The highest BCUT2D eigenvalue weighted by Gasteiger charge is 2.27. The minimum absolute atomic E-state index is 0.187. The number of amides is 1. The number of nitrogens with zero attached hydrogens (tertiary/aromatic N) is 1. The van der Waals surface area contributed by atoms with Crippen molar-refractivity contribution in [1.82, 2.24) is 5.43 Å². The zero-order valence-corrected chi connectivity index (χ0v) is 19.2. The number of nitrogens with one attached hydrogen (secondary N) is 1. The number of phenolic OH excluding ortho intramolecular Hbond substituents is 1. The fourth-order valence-electron chi connectivity index (χ4n) is 4.78. The molecule has 2 N–H and O–H groups in total. The van der Waals surface area contributed by atoms with Crippen molar-refractivity contribution in [1.29, 1.82) is 0 Å². The van der Waals surface area contributed by atoms with Gasteiger partial charge in [-0.3, -0.25) is 4.79 Å². The monoisotopic (exact) mass is 440 g/mol. The fraction of sp³-hybridized carbons (Fsp3) is 0.286. The van der Waals surface area contributed by atoms with E-state index in [1.807, 2.05) is 42.5 Å². The van der Waals surface area contributed by atoms with Gasteiger partial charge in [-0.25, -0.2) is 5.43 Å². The Bertz CT molecular complexity index is 1400. The van der Waals surface area contributed by atoms with Crippen LogP contribution in [0.4, 0.5) is 0 Å². The standard InChI is InChI=1S/C28H28N2O3/c1-28(2,3)22-15-24-25(20-12-6-7-14-23(20)33-24)21(26(22)31)16-29-30-27(32)19-13-8-10-17-9-4-5-11-18(17)19/h4-5,8-11,13,15-16,31H,6-7,12,14H2,1-3H3,(H,30,32)/b29-16+. The first-order valence-corrected chi connectivity index (χ1v) is 11.5. The maximum absolute atomic E-state index is 12.9. The van der Waals surface area contributed by atoms with E-state index < -0.39 is 0 Å². The zero-order valence-electron chi connectivity index (χ0n) is 19.2. The summed E-state index contributed by atoms with van der Waals surface area (Å²) in [6, 6.07) is 15.3. The number of aromatic hydroxyl groups is 1. The molecule has 3 aromatic carbocycles. The molecule has 1 aliphatic carbocycles. The summed E-state index contributed by atoms with van der Waals surface area (Å²) in [5, 5.41) is 18.3. The van der Waals surface area contributed by atoms with Crippen LogP contribution in [0.15, 0.2) is 58.0 Å². The number of carbonyl (C=O) groups is 1. The summed E-state index contributed by atoms with van der Waals surface area (Å²) in [6.07, 6.45) is 5.58. The van der Waals surface area contributed by atoms with Crippen LogP contribution in [0.1, 0.15) is 66.4 Å². The van der Waals surface area contributed by atoms with Crippen LogP contribution in [0, 0.1) is 0 Å². The van der Waals surface area contributed by atoms with Crippen LogP contribution >= 0.6 is 0 Å². The van der Waals surface area contributed by atoms with Crippen LogP contribution in [0.3, 0.4) is 0 Å². The first-order valence-electron chi connectivity index (χ1n) is 11.5. The number of rotatable bonds is 3. The molecule has 5 rings (SSSR count). The lowest BCUT2D eigenvalue weighted by molar-refractivity contribution is 0.0956. The highest BCUT2D eigenvalue weighted by atomic mass is 16.3. The predicted octanol–water partition coefficient (Wildman–Crippen LogP) is 6.23. The molecule has 1 aliphatic rings. The number of aryl methyl sites for hydroxylation is 2. The van der Waals surface area contributed by atoms with Gasteiger partial charge in [0.1, 0.15) is 17.1 Å². The summed E-state index contributed by atoms with van der Waals surface area (Å²) < 4.78 is 6.21. The number of furan rings is 1. The molecule has 0 unspecified atom stereocenters. The predicted molar refractivity (Wildman–Crippen MR) is 132 cm³/mol. The molecule has 5 nitrogen and oxygen atoms in total. The Morgan fingerprint density at radius 3 is 2.67 bits per heavy atom. The van der Waals surface area contributed by atoms with Gasteiger partial charge in [-0.2, -0.15) is 5.10 Å². The third-order valence-corrected chi connectivity index (χ3v) is 6.46. The lowest BCUT2D eigenvalue weighted by Crippen LogP contribution is -2.18. The number of benzene rings is 3. The van der Waals surface area contributed by atoms with E-state index in [-0.39, 0.29) is 17.1 Å². The number of phenols is 1. The van der Waals surface area contributed by atoms with Gasteiger partial charge in [0, 0.05) is 34.1 Å². The average Bonchev–Trinajstić information content (AvgIpc) is 3.17. The minimum Gasteiger partial charge on any atom is -0.507 e. The first-order chi connectivity index (χ1) is 15.8. The maximum Gasteiger partial charge on any atom is 0.271 e. The summed E-state index contributed by atoms with van der Waals surface area (Å²) in [7, 11) is 0. The Balaban J connectivity index is 1.55. The summed E-state index contributed by atoms with van der Waals surface area (Å²) in [5.41, 5.74) is 6.24. The molecule has 1 aromatic heterocycles. The Labute approximate surface area is 193 Å². The van der Waals surface area contributed by atoms with Gasteiger partial charge in [-0.15, -0.1) is 0 Å². The van der Waals surface area contributed by atoms with Crippen LogP contribution in [0.25, 0.3) is 21.7 Å². The summed E-state index contributed by atoms with van der Waals surface area (Å²) in [6.45, 7) is 6.17. The van der Waals surface area contributed by atoms with Crippen molar-refractivity contribution in [2.45, 2.75) is 51.9 Å². The van der Waals surface area contributed by atoms with Gasteiger partial charge in [0.15, 0.2) is 0 Å². The van der Waals surface area contributed by atoms with Gasteiger partial charge in [-0.1, -0.05) is 57.2 Å². The fourth-order valence-corrected chi connectivity index (χ4v) is 4.78. The van der Waals surface area contributed by atoms with E-state index in [0.717, 1.165) is 64.3 Å². The second-order valence-electron chi connectivity index (χ2n) is 9.75. The zero-order chi connectivity index (χ0) is 23.2. The molecule has 0 spiro atoms. The van der Waals surface area contributed by atoms with E-state index in [4.69, 9.17) is 4.42 Å². The van der Waals surface area contributed by atoms with Crippen molar-refractivity contribution in [3.63, 3.8) is 0 Å². The average molecular weight is 441 g/mol. The van der Waals surface area contributed by atoms with Crippen molar-refractivity contribution >= 4 is 33.9 Å². The van der Waals surface area contributed by atoms with Crippen LogP contribution in [-0.2, 0) is 18.3 Å². The smallest absolute Gasteiger partial charge is 0.271 e. The SMILES string of the molecule is CC(C)(C)c1cc2oc3c(c2c(/C=N/NC(=O)c2cccc4ccccc24)c1O)CCCC3. The van der Waals surface area contributed by atoms with Crippen LogP contribution in [0.2, 0.25) is 0 Å². The van der Waals surface area contributed by atoms with E-state index >= 15 is 0 Å². The molecular formula is C28H28N2O3. The second-order valence-corrected chi connectivity index (χ2v) is 9.75. The maximum atomic E-state index is 12.9. The molecule has 1 heterocycles. The summed E-state index contributed by atoms with van der Waals surface area (Å²) in [5.74, 6) is 0.892. The Morgan fingerprint density at radius 2 is 1.85 bits per heavy atom. The van der Waals surface area contributed by atoms with Crippen molar-refractivity contribution in [2.75, 3.05) is 0 Å². The molecule has 0 aliphatic heterocycles. The minimum atomic E-state index is -0.292. The van der Waals surface area contributed by atoms with Gasteiger partial charge in [0.05, 0.1) is 6.21 Å². The van der Waals surface area contributed by atoms with Gasteiger partial charge >= 0.3 is 0 Å². The third kappa shape index (κ3) is 3.78. The molecule has 1 amide bonds. The Morgan fingerprint density at radius 1 is 1.09 bits per heavy atom. The van der Waals surface area contributed by atoms with E-state index in [1.54, 1.807) is 12.3 Å². The number of hydrogen-bond acceptors (Lipinski definition) is 4. The van der Waals surface area contributed by atoms with Crippen molar-refractivity contribution in [3.05, 3.63) is 76.5 Å². The van der Waals surface area contributed by atoms with Crippen LogP contribution < -0.4 is 5.43 Å². The molecule has 0 fully saturated rings. The molecule has 0 saturated carbocycles. The lowest BCUT2D eigenvalue weighted by atomic mass is 9.83. The third-order valence-electron chi connectivity index (χ3n) is 6.46. The van der Waals surface area contributed by atoms with E-state index in [0.29, 0.717) is 11.1 Å². The topological polar surface area (TPSA) is 74.8 Å². The van der Waals surface area contributed by atoms with Gasteiger partial charge in [0.2, 0.25) is 0 Å². The quantitative estimate of drug-likeness (QED) is 0.293. The number of hydrazone groups is 1. The van der Waals surface area contributed by atoms with Crippen molar-refractivity contribution in [3.8, 4) is 5.75 Å². The number of carbonyl (C=O) groups excluding carboxylic acids is 1. The first kappa shape index (κ1) is 21.3. The van der Waals surface area contributed by atoms with Crippen molar-refractivity contribution in [2.24, 2.45) is 5.10 Å². The van der Waals surface area contributed by atoms with Gasteiger partial charge in [0.25, 0.3) is 5.91 Å². The largest absolute Gasteiger partial charge is 0.507 e. The molecule has 0 atom stereocenters. The Kier molecular flexibility index (Phi) is 5.20. The van der Waals surface area contributed by atoms with Crippen LogP contribution in [-0.4, -0.2) is 17.2 Å². The number of hydrogen-bond donors (Lipinski definition) is 2. The molecule has 4 aromatic rings. The molecule has 33 heavy (non-hydrogen) atoms. The van der Waals surface area contributed by atoms with Gasteiger partial charge < -0.3 is 9.52 Å². The Hall–Kier alpha value is -3.60. The molecular weight excluding hydrogens is 412 g/mol. The number of fused-ring (bicyclic) bond motifs is 4. The van der Waals surface area contributed by atoms with Crippen LogP contribution in [0.5, 0.6) is 5.75 Å². The molecule has 0 radical (unpaired) electrons. The van der Waals surface area contributed by atoms with Gasteiger partial charge in [-0.05, 0) is 47.6 Å². The molecule has 168 valence electrons. The molecule has 0 saturated heterocycles. The highest BCUT2D eigenvalue weighted by Crippen LogP contribution is 2.42. The van der Waals surface area contributed by atoms with E-state index in [9.17, 15) is 9.90 Å². The lowest BCUT2D eigenvalue weighted by Gasteiger charge is -2.21. The summed E-state index contributed by atoms with van der Waals surface area (Å²) in [4.78, 5) is 12.9. The molecule has 5 heteroatoms. The van der Waals surface area contributed by atoms with Crippen molar-refractivity contribution < 1.29 is 14.3 Å². The summed E-state index contributed by atoms with van der Waals surface area (Å²) >= 11 is 0. The van der Waals surface area contributed by atoms with E-state index in [1.165, 1.54) is 0 Å².